The number of furan rings is 1. The van der Waals surface area contributed by atoms with Crippen molar-refractivity contribution in [1.82, 2.24) is 10.6 Å². The molecule has 3 rings (SSSR count). The molecule has 0 saturated carbocycles. The van der Waals surface area contributed by atoms with E-state index in [0.29, 0.717) is 5.76 Å². The summed E-state index contributed by atoms with van der Waals surface area (Å²) in [5.41, 5.74) is 2.29. The van der Waals surface area contributed by atoms with Crippen molar-refractivity contribution in [2.45, 2.75) is 32.2 Å². The average molecular weight is 335 g/mol. The molecule has 2 aromatic rings. The number of carbonyl (C=O) groups excluding carboxylic acids is 1. The number of aryl methyl sites for hydroxylation is 1. The Morgan fingerprint density at radius 1 is 1.26 bits per heavy atom. The molecule has 1 fully saturated rings. The first kappa shape index (κ1) is 17.6. The van der Waals surface area contributed by atoms with Crippen molar-refractivity contribution in [1.29, 1.82) is 0 Å². The van der Waals surface area contributed by atoms with Gasteiger partial charge in [-0.2, -0.15) is 0 Å². The van der Waals surface area contributed by atoms with Gasteiger partial charge in [-0.05, 0) is 43.5 Å². The van der Waals surface area contributed by atoms with Gasteiger partial charge in [-0.25, -0.2) is 0 Å². The summed E-state index contributed by atoms with van der Waals surface area (Å²) in [5.74, 6) is 0.972. The van der Waals surface area contributed by atoms with E-state index in [1.807, 2.05) is 18.2 Å². The lowest BCUT2D eigenvalue weighted by Gasteiger charge is -2.23. The highest BCUT2D eigenvalue weighted by atomic mass is 35.5. The molecular weight excluding hydrogens is 312 g/mol. The minimum atomic E-state index is -0.134. The van der Waals surface area contributed by atoms with E-state index in [4.69, 9.17) is 4.42 Å². The summed E-state index contributed by atoms with van der Waals surface area (Å²) in [6.45, 7) is 3.99. The van der Waals surface area contributed by atoms with Crippen LogP contribution >= 0.6 is 12.4 Å². The second-order valence-corrected chi connectivity index (χ2v) is 5.73. The standard InChI is InChI=1S/C18H22N2O2.ClH/c1-2-13-5-7-14(8-6-13)16-9-10-17(22-16)18(21)20-15-4-3-11-19-12-15;/h5-10,15,19H,2-4,11-12H2,1H3,(H,20,21);1H/t15-;/m0./s1. The number of rotatable bonds is 4. The summed E-state index contributed by atoms with van der Waals surface area (Å²) < 4.78 is 5.71. The van der Waals surface area contributed by atoms with Crippen molar-refractivity contribution in [3.8, 4) is 11.3 Å². The number of nitrogens with one attached hydrogen (secondary N) is 2. The molecule has 5 heteroatoms. The van der Waals surface area contributed by atoms with E-state index in [1.165, 1.54) is 5.56 Å². The molecule has 0 radical (unpaired) electrons. The van der Waals surface area contributed by atoms with Gasteiger partial charge in [0.15, 0.2) is 5.76 Å². The van der Waals surface area contributed by atoms with Crippen molar-refractivity contribution in [2.24, 2.45) is 0 Å². The predicted molar refractivity (Wildman–Crippen MR) is 94.1 cm³/mol. The number of carbonyl (C=O) groups is 1. The quantitative estimate of drug-likeness (QED) is 0.901. The van der Waals surface area contributed by atoms with Gasteiger partial charge < -0.3 is 15.1 Å². The summed E-state index contributed by atoms with van der Waals surface area (Å²) in [6.07, 6.45) is 3.13. The summed E-state index contributed by atoms with van der Waals surface area (Å²) in [5, 5.41) is 6.31. The van der Waals surface area contributed by atoms with Crippen LogP contribution in [0.25, 0.3) is 11.3 Å². The molecule has 1 saturated heterocycles. The predicted octanol–water partition coefficient (Wildman–Crippen LogP) is 3.41. The maximum Gasteiger partial charge on any atom is 0.287 e. The van der Waals surface area contributed by atoms with Crippen LogP contribution in [0.4, 0.5) is 0 Å². The zero-order chi connectivity index (χ0) is 15.4. The Hall–Kier alpha value is -1.78. The summed E-state index contributed by atoms with van der Waals surface area (Å²) >= 11 is 0. The fourth-order valence-electron chi connectivity index (χ4n) is 2.75. The molecule has 4 nitrogen and oxygen atoms in total. The Balaban J connectivity index is 0.00000192. The van der Waals surface area contributed by atoms with Gasteiger partial charge in [0, 0.05) is 18.2 Å². The van der Waals surface area contributed by atoms with Crippen molar-refractivity contribution in [2.75, 3.05) is 13.1 Å². The van der Waals surface area contributed by atoms with Crippen LogP contribution in [0.1, 0.15) is 35.9 Å². The zero-order valence-corrected chi connectivity index (χ0v) is 14.1. The van der Waals surface area contributed by atoms with Crippen LogP contribution in [0.5, 0.6) is 0 Å². The first-order chi connectivity index (χ1) is 10.8. The second-order valence-electron chi connectivity index (χ2n) is 5.73. The summed E-state index contributed by atoms with van der Waals surface area (Å²) in [7, 11) is 0. The van der Waals surface area contributed by atoms with Crippen LogP contribution < -0.4 is 10.6 Å². The van der Waals surface area contributed by atoms with Crippen molar-refractivity contribution in [3.05, 3.63) is 47.7 Å². The maximum atomic E-state index is 12.2. The topological polar surface area (TPSA) is 54.3 Å². The highest BCUT2D eigenvalue weighted by Crippen LogP contribution is 2.23. The van der Waals surface area contributed by atoms with Crippen LogP contribution in [-0.2, 0) is 6.42 Å². The Morgan fingerprint density at radius 3 is 2.70 bits per heavy atom. The Kier molecular flexibility index (Phi) is 6.25. The van der Waals surface area contributed by atoms with Crippen LogP contribution in [0.3, 0.4) is 0 Å². The molecule has 1 aromatic carbocycles. The first-order valence-corrected chi connectivity index (χ1v) is 7.97. The number of hydrogen-bond donors (Lipinski definition) is 2. The fraction of sp³-hybridized carbons (Fsp3) is 0.389. The van der Waals surface area contributed by atoms with Crippen LogP contribution in [0, 0.1) is 0 Å². The van der Waals surface area contributed by atoms with Gasteiger partial charge in [0.05, 0.1) is 0 Å². The van der Waals surface area contributed by atoms with Gasteiger partial charge in [-0.1, -0.05) is 31.2 Å². The highest BCUT2D eigenvalue weighted by molar-refractivity contribution is 5.92. The third kappa shape index (κ3) is 4.36. The van der Waals surface area contributed by atoms with Crippen LogP contribution in [0.15, 0.2) is 40.8 Å². The molecule has 1 aliphatic rings. The van der Waals surface area contributed by atoms with E-state index in [0.717, 1.165) is 43.7 Å². The highest BCUT2D eigenvalue weighted by Gasteiger charge is 2.18. The Labute approximate surface area is 143 Å². The fourth-order valence-corrected chi connectivity index (χ4v) is 2.75. The van der Waals surface area contributed by atoms with Gasteiger partial charge in [0.1, 0.15) is 5.76 Å². The van der Waals surface area contributed by atoms with Crippen LogP contribution in [-0.4, -0.2) is 25.0 Å². The number of amides is 1. The third-order valence-corrected chi connectivity index (χ3v) is 4.11. The maximum absolute atomic E-state index is 12.2. The van der Waals surface area contributed by atoms with E-state index < -0.39 is 0 Å². The summed E-state index contributed by atoms with van der Waals surface area (Å²) in [4.78, 5) is 12.2. The SMILES string of the molecule is CCc1ccc(-c2ccc(C(=O)N[C@H]3CCCNC3)o2)cc1.Cl. The summed E-state index contributed by atoms with van der Waals surface area (Å²) in [6, 6.07) is 12.0. The number of piperidine rings is 1. The molecule has 0 unspecified atom stereocenters. The molecule has 0 spiro atoms. The molecule has 1 aromatic heterocycles. The van der Waals surface area contributed by atoms with Gasteiger partial charge in [0.2, 0.25) is 0 Å². The second kappa shape index (κ2) is 8.18. The molecule has 0 aliphatic carbocycles. The number of benzene rings is 1. The van der Waals surface area contributed by atoms with Crippen molar-refractivity contribution in [3.63, 3.8) is 0 Å². The molecule has 124 valence electrons. The molecule has 2 N–H and O–H groups in total. The van der Waals surface area contributed by atoms with E-state index in [2.05, 4.69) is 29.7 Å². The third-order valence-electron chi connectivity index (χ3n) is 4.11. The van der Waals surface area contributed by atoms with Crippen molar-refractivity contribution < 1.29 is 9.21 Å². The lowest BCUT2D eigenvalue weighted by atomic mass is 10.1. The van der Waals surface area contributed by atoms with Gasteiger partial charge in [-0.3, -0.25) is 4.79 Å². The lowest BCUT2D eigenvalue weighted by Crippen LogP contribution is -2.45. The number of halogens is 1. The van der Waals surface area contributed by atoms with Gasteiger partial charge in [0.25, 0.3) is 5.91 Å². The van der Waals surface area contributed by atoms with Crippen molar-refractivity contribution >= 4 is 18.3 Å². The molecule has 1 atom stereocenters. The lowest BCUT2D eigenvalue weighted by molar-refractivity contribution is 0.0903. The average Bonchev–Trinajstić information content (AvgIpc) is 3.06. The van der Waals surface area contributed by atoms with Gasteiger partial charge >= 0.3 is 0 Å². The normalized spacial score (nSPS) is 17.3. The zero-order valence-electron chi connectivity index (χ0n) is 13.3. The molecule has 2 heterocycles. The monoisotopic (exact) mass is 334 g/mol. The van der Waals surface area contributed by atoms with Crippen LogP contribution in [0.2, 0.25) is 0 Å². The molecular formula is C18H23ClN2O2. The molecule has 1 amide bonds. The Bertz CT molecular complexity index is 631. The molecule has 0 bridgehead atoms. The minimum absolute atomic E-state index is 0. The van der Waals surface area contributed by atoms with E-state index in [-0.39, 0.29) is 24.4 Å². The van der Waals surface area contributed by atoms with E-state index in [9.17, 15) is 4.79 Å². The molecule has 23 heavy (non-hydrogen) atoms. The van der Waals surface area contributed by atoms with E-state index >= 15 is 0 Å². The van der Waals surface area contributed by atoms with E-state index in [1.54, 1.807) is 6.07 Å². The Morgan fingerprint density at radius 2 is 2.04 bits per heavy atom. The smallest absolute Gasteiger partial charge is 0.287 e. The largest absolute Gasteiger partial charge is 0.451 e. The van der Waals surface area contributed by atoms with Gasteiger partial charge in [-0.15, -0.1) is 12.4 Å². The molecule has 1 aliphatic heterocycles. The minimum Gasteiger partial charge on any atom is -0.451 e. The number of hydrogen-bond acceptors (Lipinski definition) is 3. The first-order valence-electron chi connectivity index (χ1n) is 7.97.